The smallest absolute Gasteiger partial charge is 0.211 e. The maximum Gasteiger partial charge on any atom is 0.211 e. The van der Waals surface area contributed by atoms with E-state index in [0.29, 0.717) is 19.0 Å². The number of sulfonamides is 1. The number of unbranched alkanes of at least 4 members (excludes halogenated alkanes) is 1. The highest BCUT2D eigenvalue weighted by atomic mass is 79.9. The van der Waals surface area contributed by atoms with Crippen LogP contribution in [0, 0.1) is 0 Å². The Labute approximate surface area is 128 Å². The third kappa shape index (κ3) is 7.41. The zero-order valence-electron chi connectivity index (χ0n) is 11.3. The van der Waals surface area contributed by atoms with Crippen LogP contribution in [0.4, 0.5) is 0 Å². The van der Waals surface area contributed by atoms with Crippen molar-refractivity contribution in [1.82, 2.24) is 10.0 Å². The van der Waals surface area contributed by atoms with Gasteiger partial charge >= 0.3 is 0 Å². The number of thiophene rings is 1. The molecule has 0 unspecified atom stereocenters. The summed E-state index contributed by atoms with van der Waals surface area (Å²) in [5.41, 5.74) is 0. The molecule has 0 fully saturated rings. The molecule has 1 rings (SSSR count). The molecule has 0 spiro atoms. The molecule has 0 amide bonds. The number of rotatable bonds is 9. The summed E-state index contributed by atoms with van der Waals surface area (Å²) < 4.78 is 27.2. The van der Waals surface area contributed by atoms with Gasteiger partial charge in [-0.1, -0.05) is 13.8 Å². The van der Waals surface area contributed by atoms with Crippen LogP contribution in [0.1, 0.15) is 31.6 Å². The first-order chi connectivity index (χ1) is 8.91. The monoisotopic (exact) mass is 368 g/mol. The molecule has 19 heavy (non-hydrogen) atoms. The minimum absolute atomic E-state index is 0.190. The molecule has 0 saturated carbocycles. The minimum Gasteiger partial charge on any atom is -0.315 e. The summed E-state index contributed by atoms with van der Waals surface area (Å²) >= 11 is 4.93. The molecule has 0 aliphatic carbocycles. The van der Waals surface area contributed by atoms with E-state index in [4.69, 9.17) is 0 Å². The Morgan fingerprint density at radius 1 is 1.37 bits per heavy atom. The average Bonchev–Trinajstić information content (AvgIpc) is 2.71. The van der Waals surface area contributed by atoms with Crippen molar-refractivity contribution >= 4 is 37.3 Å². The van der Waals surface area contributed by atoms with E-state index in [-0.39, 0.29) is 5.75 Å². The zero-order chi connectivity index (χ0) is 14.3. The van der Waals surface area contributed by atoms with Crippen molar-refractivity contribution < 1.29 is 8.42 Å². The molecule has 0 saturated heterocycles. The maximum atomic E-state index is 11.8. The van der Waals surface area contributed by atoms with Crippen molar-refractivity contribution in [2.75, 3.05) is 12.3 Å². The van der Waals surface area contributed by atoms with Crippen LogP contribution >= 0.6 is 27.3 Å². The molecular formula is C12H21BrN2O2S2. The van der Waals surface area contributed by atoms with E-state index in [9.17, 15) is 8.42 Å². The van der Waals surface area contributed by atoms with Gasteiger partial charge in [-0.05, 0) is 46.8 Å². The fourth-order valence-electron chi connectivity index (χ4n) is 1.51. The van der Waals surface area contributed by atoms with Crippen LogP contribution in [0.5, 0.6) is 0 Å². The Morgan fingerprint density at radius 2 is 2.11 bits per heavy atom. The largest absolute Gasteiger partial charge is 0.315 e. The molecule has 0 aliphatic heterocycles. The second kappa shape index (κ2) is 8.36. The van der Waals surface area contributed by atoms with E-state index >= 15 is 0 Å². The Kier molecular flexibility index (Phi) is 7.53. The van der Waals surface area contributed by atoms with Gasteiger partial charge in [-0.2, -0.15) is 0 Å². The summed E-state index contributed by atoms with van der Waals surface area (Å²) in [6, 6.07) is 2.37. The third-order valence-electron chi connectivity index (χ3n) is 2.54. The van der Waals surface area contributed by atoms with Gasteiger partial charge in [-0.3, -0.25) is 0 Å². The Morgan fingerprint density at radius 3 is 2.68 bits per heavy atom. The highest BCUT2D eigenvalue weighted by Gasteiger charge is 2.11. The van der Waals surface area contributed by atoms with Gasteiger partial charge in [0.15, 0.2) is 0 Å². The summed E-state index contributed by atoms with van der Waals surface area (Å²) in [4.78, 5) is 1.00. The van der Waals surface area contributed by atoms with E-state index in [1.54, 1.807) is 11.3 Å². The number of halogens is 1. The van der Waals surface area contributed by atoms with Crippen molar-refractivity contribution in [2.45, 2.75) is 39.3 Å². The summed E-state index contributed by atoms with van der Waals surface area (Å²) in [6.07, 6.45) is 1.56. The lowest BCUT2D eigenvalue weighted by Gasteiger charge is -2.08. The molecule has 1 aromatic rings. The summed E-state index contributed by atoms with van der Waals surface area (Å²) in [5, 5.41) is 5.21. The van der Waals surface area contributed by atoms with Crippen molar-refractivity contribution in [3.8, 4) is 0 Å². The molecular weight excluding hydrogens is 348 g/mol. The number of hydrogen-bond donors (Lipinski definition) is 2. The summed E-state index contributed by atoms with van der Waals surface area (Å²) in [6.45, 7) is 5.39. The van der Waals surface area contributed by atoms with Crippen LogP contribution in [0.25, 0.3) is 0 Å². The van der Waals surface area contributed by atoms with E-state index in [1.165, 1.54) is 0 Å². The lowest BCUT2D eigenvalue weighted by atomic mass is 10.3. The highest BCUT2D eigenvalue weighted by Crippen LogP contribution is 2.22. The van der Waals surface area contributed by atoms with E-state index in [1.807, 2.05) is 11.4 Å². The molecule has 2 N–H and O–H groups in total. The van der Waals surface area contributed by atoms with E-state index < -0.39 is 10.0 Å². The van der Waals surface area contributed by atoms with Gasteiger partial charge in [0.1, 0.15) is 0 Å². The van der Waals surface area contributed by atoms with Gasteiger partial charge in [0.05, 0.1) is 5.75 Å². The molecule has 4 nitrogen and oxygen atoms in total. The summed E-state index contributed by atoms with van der Waals surface area (Å²) in [5.74, 6) is 0.190. The lowest BCUT2D eigenvalue weighted by molar-refractivity contribution is 0.555. The maximum absolute atomic E-state index is 11.8. The Bertz CT molecular complexity index is 472. The van der Waals surface area contributed by atoms with Crippen molar-refractivity contribution in [1.29, 1.82) is 0 Å². The fraction of sp³-hybridized carbons (Fsp3) is 0.667. The van der Waals surface area contributed by atoms with Crippen LogP contribution < -0.4 is 10.0 Å². The van der Waals surface area contributed by atoms with Crippen LogP contribution in [0.15, 0.2) is 15.9 Å². The Balaban J connectivity index is 2.23. The molecule has 0 radical (unpaired) electrons. The molecule has 0 aliphatic rings. The number of hydrogen-bond acceptors (Lipinski definition) is 4. The SMILES string of the molecule is CC(C)NCCCCS(=O)(=O)NCc1sccc1Br. The van der Waals surface area contributed by atoms with Gasteiger partial charge in [-0.25, -0.2) is 13.1 Å². The Hall–Kier alpha value is 0.0500. The fourth-order valence-corrected chi connectivity index (χ4v) is 4.12. The van der Waals surface area contributed by atoms with Crippen LogP contribution in [-0.2, 0) is 16.6 Å². The average molecular weight is 369 g/mol. The van der Waals surface area contributed by atoms with E-state index in [0.717, 1.165) is 22.3 Å². The second-order valence-electron chi connectivity index (χ2n) is 4.65. The molecule has 0 bridgehead atoms. The van der Waals surface area contributed by atoms with E-state index in [2.05, 4.69) is 39.8 Å². The van der Waals surface area contributed by atoms with Gasteiger partial charge in [0, 0.05) is 21.9 Å². The van der Waals surface area contributed by atoms with Crippen LogP contribution in [0.3, 0.4) is 0 Å². The van der Waals surface area contributed by atoms with Gasteiger partial charge in [0.2, 0.25) is 10.0 Å². The standard InChI is InChI=1S/C12H21BrN2O2S2/c1-10(2)14-6-3-4-8-19(16,17)15-9-12-11(13)5-7-18-12/h5,7,10,14-15H,3-4,6,8-9H2,1-2H3. The molecule has 1 heterocycles. The van der Waals surface area contributed by atoms with Crippen LogP contribution in [0.2, 0.25) is 0 Å². The predicted octanol–water partition coefficient (Wildman–Crippen LogP) is 2.71. The van der Waals surface area contributed by atoms with Crippen molar-refractivity contribution in [3.05, 3.63) is 20.8 Å². The van der Waals surface area contributed by atoms with Crippen molar-refractivity contribution in [3.63, 3.8) is 0 Å². The normalized spacial score (nSPS) is 12.2. The van der Waals surface area contributed by atoms with Crippen LogP contribution in [-0.4, -0.2) is 26.8 Å². The first-order valence-electron chi connectivity index (χ1n) is 6.33. The zero-order valence-corrected chi connectivity index (χ0v) is 14.5. The molecule has 0 atom stereocenters. The topological polar surface area (TPSA) is 58.2 Å². The van der Waals surface area contributed by atoms with Gasteiger partial charge < -0.3 is 5.32 Å². The second-order valence-corrected chi connectivity index (χ2v) is 8.43. The first kappa shape index (κ1) is 17.1. The first-order valence-corrected chi connectivity index (χ1v) is 9.66. The highest BCUT2D eigenvalue weighted by molar-refractivity contribution is 9.10. The third-order valence-corrected chi connectivity index (χ3v) is 5.87. The minimum atomic E-state index is -3.17. The predicted molar refractivity (Wildman–Crippen MR) is 85.0 cm³/mol. The van der Waals surface area contributed by atoms with Gasteiger partial charge in [-0.15, -0.1) is 11.3 Å². The van der Waals surface area contributed by atoms with Gasteiger partial charge in [0.25, 0.3) is 0 Å². The molecule has 110 valence electrons. The molecule has 7 heteroatoms. The molecule has 1 aromatic heterocycles. The van der Waals surface area contributed by atoms with Crippen molar-refractivity contribution in [2.24, 2.45) is 0 Å². The quantitative estimate of drug-likeness (QED) is 0.658. The lowest BCUT2D eigenvalue weighted by Crippen LogP contribution is -2.27. The summed E-state index contributed by atoms with van der Waals surface area (Å²) in [7, 11) is -3.17. The molecule has 0 aromatic carbocycles. The number of nitrogens with one attached hydrogen (secondary N) is 2.